The van der Waals surface area contributed by atoms with Crippen molar-refractivity contribution in [3.63, 3.8) is 0 Å². The van der Waals surface area contributed by atoms with Crippen LogP contribution in [0.5, 0.6) is 0 Å². The molecule has 90 valence electrons. The number of rotatable bonds is 1. The van der Waals surface area contributed by atoms with Crippen molar-refractivity contribution in [3.8, 4) is 0 Å². The van der Waals surface area contributed by atoms with Gasteiger partial charge in [0.2, 0.25) is 0 Å². The van der Waals surface area contributed by atoms with E-state index in [0.29, 0.717) is 18.7 Å². The third-order valence-corrected chi connectivity index (χ3v) is 2.81. The van der Waals surface area contributed by atoms with E-state index in [9.17, 15) is 9.59 Å². The second-order valence-electron chi connectivity index (χ2n) is 4.56. The summed E-state index contributed by atoms with van der Waals surface area (Å²) in [6, 6.07) is 0. The first kappa shape index (κ1) is 13.0. The average Bonchev–Trinajstić information content (AvgIpc) is 1.96. The van der Waals surface area contributed by atoms with Gasteiger partial charge in [0.25, 0.3) is 0 Å². The molecule has 1 saturated heterocycles. The van der Waals surface area contributed by atoms with E-state index >= 15 is 0 Å². The van der Waals surface area contributed by atoms with Gasteiger partial charge in [-0.2, -0.15) is 0 Å². The summed E-state index contributed by atoms with van der Waals surface area (Å²) < 4.78 is 5.26. The van der Waals surface area contributed by atoms with Crippen molar-refractivity contribution in [1.82, 2.24) is 4.90 Å². The molecule has 1 N–H and O–H groups in total. The lowest BCUT2D eigenvalue weighted by atomic mass is 10.1. The SMILES string of the molecule is CC(C)(C)OC(=O)N1CC(=C(Br)C(=O)O)C1. The first-order valence-corrected chi connectivity index (χ1v) is 5.59. The molecule has 1 heterocycles. The van der Waals surface area contributed by atoms with E-state index in [1.165, 1.54) is 4.90 Å². The zero-order valence-corrected chi connectivity index (χ0v) is 11.0. The Bertz CT molecular complexity index is 348. The molecule has 0 atom stereocenters. The van der Waals surface area contributed by atoms with Crippen LogP contribution in [0.25, 0.3) is 0 Å². The number of carbonyl (C=O) groups is 2. The number of amides is 1. The van der Waals surface area contributed by atoms with Crippen LogP contribution in [0.2, 0.25) is 0 Å². The molecule has 0 saturated carbocycles. The van der Waals surface area contributed by atoms with E-state index in [0.717, 1.165) is 0 Å². The summed E-state index contributed by atoms with van der Waals surface area (Å²) in [7, 11) is 0. The van der Waals surface area contributed by atoms with E-state index in [1.807, 2.05) is 0 Å². The van der Waals surface area contributed by atoms with Crippen LogP contribution in [0.4, 0.5) is 4.79 Å². The summed E-state index contributed by atoms with van der Waals surface area (Å²) in [5.74, 6) is -1.01. The fourth-order valence-electron chi connectivity index (χ4n) is 1.16. The molecule has 6 heteroatoms. The maximum atomic E-state index is 11.5. The van der Waals surface area contributed by atoms with Gasteiger partial charge in [-0.15, -0.1) is 0 Å². The van der Waals surface area contributed by atoms with Gasteiger partial charge in [0.1, 0.15) is 10.1 Å². The number of likely N-dealkylation sites (tertiary alicyclic amines) is 1. The smallest absolute Gasteiger partial charge is 0.410 e. The van der Waals surface area contributed by atoms with E-state index in [4.69, 9.17) is 9.84 Å². The minimum absolute atomic E-state index is 0.132. The van der Waals surface area contributed by atoms with Crippen LogP contribution in [-0.4, -0.2) is 40.8 Å². The number of aliphatic carboxylic acids is 1. The summed E-state index contributed by atoms with van der Waals surface area (Å²) in [6.45, 7) is 5.97. The van der Waals surface area contributed by atoms with Gasteiger partial charge in [-0.25, -0.2) is 9.59 Å². The second-order valence-corrected chi connectivity index (χ2v) is 5.35. The van der Waals surface area contributed by atoms with Crippen LogP contribution in [-0.2, 0) is 9.53 Å². The Hall–Kier alpha value is -1.04. The number of carboxylic acid groups (broad SMARTS) is 1. The van der Waals surface area contributed by atoms with Gasteiger partial charge in [0.05, 0.1) is 0 Å². The molecule has 0 spiro atoms. The minimum atomic E-state index is -1.01. The van der Waals surface area contributed by atoms with E-state index < -0.39 is 17.7 Å². The topological polar surface area (TPSA) is 66.8 Å². The van der Waals surface area contributed by atoms with Gasteiger partial charge < -0.3 is 9.84 Å². The normalized spacial score (nSPS) is 15.5. The van der Waals surface area contributed by atoms with Gasteiger partial charge in [-0.05, 0) is 42.3 Å². The molecule has 0 aromatic carbocycles. The highest BCUT2D eigenvalue weighted by molar-refractivity contribution is 9.12. The fourth-order valence-corrected chi connectivity index (χ4v) is 1.41. The molecule has 0 aromatic heterocycles. The van der Waals surface area contributed by atoms with Crippen LogP contribution in [0, 0.1) is 0 Å². The predicted octanol–water partition coefficient (Wildman–Crippen LogP) is 1.97. The number of nitrogens with zero attached hydrogens (tertiary/aromatic N) is 1. The highest BCUT2D eigenvalue weighted by atomic mass is 79.9. The molecular weight excluding hydrogens is 278 g/mol. The number of ether oxygens (including phenoxy) is 1. The molecule has 0 radical (unpaired) electrons. The average molecular weight is 292 g/mol. The lowest BCUT2D eigenvalue weighted by Gasteiger charge is -2.35. The van der Waals surface area contributed by atoms with E-state index in [-0.39, 0.29) is 4.48 Å². The van der Waals surface area contributed by atoms with Gasteiger partial charge >= 0.3 is 12.1 Å². The molecule has 5 nitrogen and oxygen atoms in total. The molecule has 1 aliphatic rings. The quantitative estimate of drug-likeness (QED) is 0.750. The lowest BCUT2D eigenvalue weighted by Crippen LogP contribution is -2.47. The molecule has 1 amide bonds. The fraction of sp³-hybridized carbons (Fsp3) is 0.600. The Morgan fingerprint density at radius 2 is 1.88 bits per heavy atom. The molecule has 1 rings (SSSR count). The summed E-state index contributed by atoms with van der Waals surface area (Å²) in [5.41, 5.74) is 0.166. The van der Waals surface area contributed by atoms with Gasteiger partial charge in [-0.3, -0.25) is 4.90 Å². The molecule has 16 heavy (non-hydrogen) atoms. The van der Waals surface area contributed by atoms with Gasteiger partial charge in [0, 0.05) is 13.1 Å². The highest BCUT2D eigenvalue weighted by Crippen LogP contribution is 2.24. The second kappa shape index (κ2) is 4.45. The predicted molar refractivity (Wildman–Crippen MR) is 61.4 cm³/mol. The summed E-state index contributed by atoms with van der Waals surface area (Å²) >= 11 is 2.96. The number of carboxylic acids is 1. The molecule has 1 aliphatic heterocycles. The maximum Gasteiger partial charge on any atom is 0.410 e. The molecular formula is C10H14BrNO4. The molecule has 0 bridgehead atoms. The van der Waals surface area contributed by atoms with Crippen LogP contribution in [0.15, 0.2) is 10.1 Å². The molecule has 0 aromatic rings. The van der Waals surface area contributed by atoms with Crippen molar-refractivity contribution in [1.29, 1.82) is 0 Å². The van der Waals surface area contributed by atoms with E-state index in [2.05, 4.69) is 15.9 Å². The molecule has 1 fully saturated rings. The third-order valence-electron chi connectivity index (χ3n) is 1.91. The first-order chi connectivity index (χ1) is 7.20. The zero-order chi connectivity index (χ0) is 12.5. The van der Waals surface area contributed by atoms with Crippen molar-refractivity contribution < 1.29 is 19.4 Å². The number of halogens is 1. The Balaban J connectivity index is 2.51. The Morgan fingerprint density at radius 3 is 2.25 bits per heavy atom. The number of carbonyl (C=O) groups excluding carboxylic acids is 1. The lowest BCUT2D eigenvalue weighted by molar-refractivity contribution is -0.131. The van der Waals surface area contributed by atoms with E-state index in [1.54, 1.807) is 20.8 Å². The summed E-state index contributed by atoms with van der Waals surface area (Å²) in [4.78, 5) is 23.5. The van der Waals surface area contributed by atoms with Crippen LogP contribution in [0.3, 0.4) is 0 Å². The standard InChI is InChI=1S/C10H14BrNO4/c1-10(2,3)16-9(15)12-4-6(5-12)7(11)8(13)14/h4-5H2,1-3H3,(H,13,14). The van der Waals surface area contributed by atoms with Crippen molar-refractivity contribution >= 4 is 28.0 Å². The van der Waals surface area contributed by atoms with Crippen molar-refractivity contribution in [2.24, 2.45) is 0 Å². The van der Waals surface area contributed by atoms with Crippen molar-refractivity contribution in [2.75, 3.05) is 13.1 Å². The Kier molecular flexibility index (Phi) is 3.62. The maximum absolute atomic E-state index is 11.5. The monoisotopic (exact) mass is 291 g/mol. The van der Waals surface area contributed by atoms with Gasteiger partial charge in [-0.1, -0.05) is 0 Å². The van der Waals surface area contributed by atoms with Crippen LogP contribution in [0.1, 0.15) is 20.8 Å². The Morgan fingerprint density at radius 1 is 1.38 bits per heavy atom. The van der Waals surface area contributed by atoms with Crippen molar-refractivity contribution in [2.45, 2.75) is 26.4 Å². The van der Waals surface area contributed by atoms with Crippen LogP contribution < -0.4 is 0 Å². The molecule has 0 aliphatic carbocycles. The largest absolute Gasteiger partial charge is 0.477 e. The zero-order valence-electron chi connectivity index (χ0n) is 9.41. The highest BCUT2D eigenvalue weighted by Gasteiger charge is 2.32. The van der Waals surface area contributed by atoms with Gasteiger partial charge in [0.15, 0.2) is 0 Å². The summed E-state index contributed by atoms with van der Waals surface area (Å²) in [6.07, 6.45) is -0.415. The minimum Gasteiger partial charge on any atom is -0.477 e. The Labute approximate surface area is 102 Å². The van der Waals surface area contributed by atoms with Crippen LogP contribution >= 0.6 is 15.9 Å². The first-order valence-electron chi connectivity index (χ1n) is 4.79. The van der Waals surface area contributed by atoms with Crippen molar-refractivity contribution in [3.05, 3.63) is 10.1 Å². The third kappa shape index (κ3) is 3.23. The number of hydrogen-bond donors (Lipinski definition) is 1. The summed E-state index contributed by atoms with van der Waals surface area (Å²) in [5, 5.41) is 8.69. The number of hydrogen-bond acceptors (Lipinski definition) is 3. The molecule has 0 unspecified atom stereocenters.